The number of hydrogen-bond donors (Lipinski definition) is 7. The Kier molecular flexibility index (Phi) is 14.0. The van der Waals surface area contributed by atoms with Gasteiger partial charge in [0.05, 0.1) is 6.04 Å². The summed E-state index contributed by atoms with van der Waals surface area (Å²) in [6.45, 7) is 4.11. The lowest BCUT2D eigenvalue weighted by Crippen LogP contribution is -2.59. The van der Waals surface area contributed by atoms with E-state index < -0.39 is 47.9 Å². The molecule has 2 aromatic rings. The highest BCUT2D eigenvalue weighted by Gasteiger charge is 2.33. The van der Waals surface area contributed by atoms with Crippen molar-refractivity contribution in [1.82, 2.24) is 20.9 Å². The topological polar surface area (TPSA) is 192 Å². The molecule has 0 radical (unpaired) electrons. The lowest BCUT2D eigenvalue weighted by atomic mass is 9.96. The number of carboxylic acids is 1. The van der Waals surface area contributed by atoms with Crippen molar-refractivity contribution in [3.05, 3.63) is 36.0 Å². The van der Waals surface area contributed by atoms with Crippen LogP contribution in [0, 0.1) is 5.92 Å². The molecule has 0 aliphatic carbocycles. The second-order valence-corrected chi connectivity index (χ2v) is 11.1. The van der Waals surface area contributed by atoms with E-state index in [4.69, 9.17) is 11.5 Å². The number of amides is 3. The van der Waals surface area contributed by atoms with Crippen LogP contribution in [-0.4, -0.2) is 76.5 Å². The number of carboxylic acid groups (broad SMARTS) is 1. The number of aromatic nitrogens is 1. The van der Waals surface area contributed by atoms with Crippen LogP contribution in [0.15, 0.2) is 30.5 Å². The van der Waals surface area contributed by atoms with Gasteiger partial charge in [-0.25, -0.2) is 4.79 Å². The van der Waals surface area contributed by atoms with Gasteiger partial charge in [-0.05, 0) is 61.8 Å². The first-order valence-electron chi connectivity index (χ1n) is 13.8. The average molecular weight is 577 g/mol. The van der Waals surface area contributed by atoms with Gasteiger partial charge in [0.15, 0.2) is 0 Å². The normalized spacial score (nSPS) is 15.0. The molecular formula is C28H44N6O5S. The minimum Gasteiger partial charge on any atom is -0.480 e. The smallest absolute Gasteiger partial charge is 0.326 e. The molecule has 0 saturated heterocycles. The predicted octanol–water partition coefficient (Wildman–Crippen LogP) is 1.50. The Balaban J connectivity index is 2.27. The van der Waals surface area contributed by atoms with E-state index in [1.165, 1.54) is 0 Å². The molecule has 0 aliphatic rings. The van der Waals surface area contributed by atoms with Gasteiger partial charge in [-0.3, -0.25) is 14.4 Å². The van der Waals surface area contributed by atoms with Crippen LogP contribution in [0.2, 0.25) is 0 Å². The van der Waals surface area contributed by atoms with E-state index in [1.54, 1.807) is 24.9 Å². The Labute approximate surface area is 240 Å². The summed E-state index contributed by atoms with van der Waals surface area (Å²) in [5, 5.41) is 18.7. The van der Waals surface area contributed by atoms with Crippen molar-refractivity contribution >= 4 is 46.4 Å². The molecule has 1 heterocycles. The van der Waals surface area contributed by atoms with E-state index in [0.717, 1.165) is 16.5 Å². The molecular weight excluding hydrogens is 532 g/mol. The highest BCUT2D eigenvalue weighted by Crippen LogP contribution is 2.20. The molecule has 11 nitrogen and oxygen atoms in total. The van der Waals surface area contributed by atoms with Crippen LogP contribution in [0.1, 0.15) is 51.5 Å². The lowest BCUT2D eigenvalue weighted by Gasteiger charge is -2.28. The largest absolute Gasteiger partial charge is 0.480 e. The Morgan fingerprint density at radius 1 is 1.00 bits per heavy atom. The maximum Gasteiger partial charge on any atom is 0.326 e. The summed E-state index contributed by atoms with van der Waals surface area (Å²) in [4.78, 5) is 54.8. The maximum absolute atomic E-state index is 13.7. The average Bonchev–Trinajstić information content (AvgIpc) is 3.35. The molecule has 3 amide bonds. The summed E-state index contributed by atoms with van der Waals surface area (Å²) in [5.74, 6) is -2.34. The third-order valence-corrected chi connectivity index (χ3v) is 7.70. The zero-order valence-corrected chi connectivity index (χ0v) is 24.4. The summed E-state index contributed by atoms with van der Waals surface area (Å²) >= 11 is 1.57. The number of rotatable bonds is 18. The van der Waals surface area contributed by atoms with Gasteiger partial charge in [-0.15, -0.1) is 0 Å². The molecule has 40 heavy (non-hydrogen) atoms. The number of para-hydroxylation sites is 1. The van der Waals surface area contributed by atoms with Crippen LogP contribution < -0.4 is 27.4 Å². The summed E-state index contributed by atoms with van der Waals surface area (Å²) in [6.07, 6.45) is 6.31. The highest BCUT2D eigenvalue weighted by atomic mass is 32.2. The Morgan fingerprint density at radius 3 is 2.35 bits per heavy atom. The molecule has 222 valence electrons. The number of unbranched alkanes of at least 4 members (excludes halogenated alkanes) is 1. The first-order chi connectivity index (χ1) is 19.1. The number of nitrogens with two attached hydrogens (primary N) is 2. The van der Waals surface area contributed by atoms with Crippen molar-refractivity contribution in [3.8, 4) is 0 Å². The number of carbonyl (C=O) groups is 4. The van der Waals surface area contributed by atoms with Gasteiger partial charge in [0.2, 0.25) is 17.7 Å². The fraction of sp³-hybridized carbons (Fsp3) is 0.571. The third kappa shape index (κ3) is 9.83. The second kappa shape index (κ2) is 16.9. The molecule has 12 heteroatoms. The van der Waals surface area contributed by atoms with E-state index in [0.29, 0.717) is 38.0 Å². The number of nitrogens with one attached hydrogen (secondary N) is 4. The summed E-state index contributed by atoms with van der Waals surface area (Å²) in [7, 11) is 0. The zero-order chi connectivity index (χ0) is 29.7. The number of fused-ring (bicyclic) bond motifs is 1. The summed E-state index contributed by atoms with van der Waals surface area (Å²) < 4.78 is 0. The third-order valence-electron chi connectivity index (χ3n) is 7.06. The van der Waals surface area contributed by atoms with Crippen LogP contribution in [0.25, 0.3) is 10.9 Å². The number of carbonyl (C=O) groups excluding carboxylic acids is 3. The minimum atomic E-state index is -1.15. The standard InChI is InChI=1S/C28H44N6O5S/c1-4-17(2)24(27(37)32-22(28(38)39)11-7-8-13-29)34-26(36)23(33-25(35)20(30)12-14-40-3)15-18-16-31-21-10-6-5-9-19(18)21/h5-6,9-10,16-17,20,22-24,31H,4,7-8,11-15,29-30H2,1-3H3,(H,32,37)(H,33,35)(H,34,36)(H,38,39). The number of hydrogen-bond acceptors (Lipinski definition) is 7. The zero-order valence-electron chi connectivity index (χ0n) is 23.6. The number of aromatic amines is 1. The molecule has 5 atom stereocenters. The first kappa shape index (κ1) is 33.1. The molecule has 0 saturated carbocycles. The molecule has 9 N–H and O–H groups in total. The van der Waals surface area contributed by atoms with Gasteiger partial charge in [0.1, 0.15) is 18.1 Å². The molecule has 0 fully saturated rings. The molecule has 1 aromatic heterocycles. The molecule has 1 aromatic carbocycles. The van der Waals surface area contributed by atoms with Crippen LogP contribution in [-0.2, 0) is 25.6 Å². The van der Waals surface area contributed by atoms with Crippen molar-refractivity contribution in [2.45, 2.75) is 76.5 Å². The minimum absolute atomic E-state index is 0.169. The Bertz CT molecular complexity index is 1130. The fourth-order valence-corrected chi connectivity index (χ4v) is 4.84. The molecule has 0 bridgehead atoms. The predicted molar refractivity (Wildman–Crippen MR) is 159 cm³/mol. The van der Waals surface area contributed by atoms with E-state index in [2.05, 4.69) is 20.9 Å². The van der Waals surface area contributed by atoms with E-state index in [9.17, 15) is 24.3 Å². The van der Waals surface area contributed by atoms with Crippen LogP contribution in [0.3, 0.4) is 0 Å². The van der Waals surface area contributed by atoms with E-state index in [-0.39, 0.29) is 18.8 Å². The van der Waals surface area contributed by atoms with Gasteiger partial charge in [-0.1, -0.05) is 38.5 Å². The van der Waals surface area contributed by atoms with E-state index in [1.807, 2.05) is 37.4 Å². The first-order valence-corrected chi connectivity index (χ1v) is 15.2. The van der Waals surface area contributed by atoms with Gasteiger partial charge in [-0.2, -0.15) is 11.8 Å². The maximum atomic E-state index is 13.7. The Hall–Kier alpha value is -3.09. The molecule has 0 aliphatic heterocycles. The van der Waals surface area contributed by atoms with Crippen LogP contribution in [0.5, 0.6) is 0 Å². The lowest BCUT2D eigenvalue weighted by molar-refractivity contribution is -0.143. The van der Waals surface area contributed by atoms with Gasteiger partial charge >= 0.3 is 5.97 Å². The number of aliphatic carboxylic acids is 1. The van der Waals surface area contributed by atoms with Crippen molar-refractivity contribution in [2.75, 3.05) is 18.6 Å². The van der Waals surface area contributed by atoms with E-state index >= 15 is 0 Å². The van der Waals surface area contributed by atoms with Gasteiger partial charge < -0.3 is 37.5 Å². The van der Waals surface area contributed by atoms with Crippen LogP contribution >= 0.6 is 11.8 Å². The second-order valence-electron chi connectivity index (χ2n) is 10.1. The molecule has 0 spiro atoms. The summed E-state index contributed by atoms with van der Waals surface area (Å²) in [6, 6.07) is 3.74. The van der Waals surface area contributed by atoms with Crippen LogP contribution in [0.4, 0.5) is 0 Å². The fourth-order valence-electron chi connectivity index (χ4n) is 4.35. The van der Waals surface area contributed by atoms with Gasteiger partial charge in [0, 0.05) is 23.5 Å². The Morgan fingerprint density at radius 2 is 1.70 bits per heavy atom. The summed E-state index contributed by atoms with van der Waals surface area (Å²) in [5.41, 5.74) is 13.3. The van der Waals surface area contributed by atoms with Crippen molar-refractivity contribution in [3.63, 3.8) is 0 Å². The molecule has 2 rings (SSSR count). The monoisotopic (exact) mass is 576 g/mol. The van der Waals surface area contributed by atoms with Gasteiger partial charge in [0.25, 0.3) is 0 Å². The van der Waals surface area contributed by atoms with Crippen molar-refractivity contribution in [1.29, 1.82) is 0 Å². The number of benzene rings is 1. The number of H-pyrrole nitrogens is 1. The van der Waals surface area contributed by atoms with Crippen molar-refractivity contribution in [2.24, 2.45) is 17.4 Å². The van der Waals surface area contributed by atoms with Crippen molar-refractivity contribution < 1.29 is 24.3 Å². The quantitative estimate of drug-likeness (QED) is 0.130. The highest BCUT2D eigenvalue weighted by molar-refractivity contribution is 7.98. The SMILES string of the molecule is CCC(C)C(NC(=O)C(Cc1c[nH]c2ccccc12)NC(=O)C(N)CCSC)C(=O)NC(CCCCN)C(=O)O. The number of thioether (sulfide) groups is 1. The molecule has 5 unspecified atom stereocenters.